The molecule has 0 aromatic carbocycles. The molecule has 1 aliphatic heterocycles. The van der Waals surface area contributed by atoms with Gasteiger partial charge in [-0.3, -0.25) is 0 Å². The number of rotatable bonds is 2. The summed E-state index contributed by atoms with van der Waals surface area (Å²) in [5, 5.41) is 13.8. The Bertz CT molecular complexity index is 426. The lowest BCUT2D eigenvalue weighted by molar-refractivity contribution is 0.440. The summed E-state index contributed by atoms with van der Waals surface area (Å²) in [5.41, 5.74) is 0. The highest BCUT2D eigenvalue weighted by atomic mass is 15.5. The van der Waals surface area contributed by atoms with Crippen molar-refractivity contribution in [3.8, 4) is 0 Å². The smallest absolute Gasteiger partial charge is 0.199 e. The molecule has 3 heterocycles. The van der Waals surface area contributed by atoms with Crippen LogP contribution in [-0.2, 0) is 0 Å². The van der Waals surface area contributed by atoms with Gasteiger partial charge in [0.05, 0.1) is 6.04 Å². The van der Waals surface area contributed by atoms with Gasteiger partial charge in [0.25, 0.3) is 0 Å². The maximum Gasteiger partial charge on any atom is 0.199 e. The summed E-state index contributed by atoms with van der Waals surface area (Å²) in [6.45, 7) is 0.955. The number of aromatic amines is 1. The monoisotopic (exact) mass is 202 g/mol. The van der Waals surface area contributed by atoms with Crippen LogP contribution < -0.4 is 4.90 Å². The standard InChI is InChI=1S/C8H8N7/c1-3-9-5-10-7(1)15-4-2-6(15)8-11-13-14-12-8/h1,3,6H,2,4H2,(H,11,12,13,14). The Morgan fingerprint density at radius 1 is 1.53 bits per heavy atom. The second kappa shape index (κ2) is 3.26. The number of hydrogen-bond acceptors (Lipinski definition) is 6. The molecule has 1 fully saturated rings. The summed E-state index contributed by atoms with van der Waals surface area (Å²) < 4.78 is 0. The molecule has 0 bridgehead atoms. The second-order valence-corrected chi connectivity index (χ2v) is 3.30. The van der Waals surface area contributed by atoms with Crippen LogP contribution in [0.25, 0.3) is 0 Å². The van der Waals surface area contributed by atoms with Crippen molar-refractivity contribution in [3.05, 3.63) is 24.4 Å². The van der Waals surface area contributed by atoms with Crippen LogP contribution in [0.15, 0.2) is 12.3 Å². The normalized spacial score (nSPS) is 20.0. The van der Waals surface area contributed by atoms with Gasteiger partial charge in [0.1, 0.15) is 5.82 Å². The minimum absolute atomic E-state index is 0.197. The molecule has 0 amide bonds. The van der Waals surface area contributed by atoms with Crippen molar-refractivity contribution in [2.24, 2.45) is 0 Å². The van der Waals surface area contributed by atoms with Crippen LogP contribution in [-0.4, -0.2) is 37.1 Å². The number of aromatic nitrogens is 6. The molecule has 1 unspecified atom stereocenters. The molecule has 2 aromatic heterocycles. The van der Waals surface area contributed by atoms with Gasteiger partial charge in [-0.15, -0.1) is 5.10 Å². The van der Waals surface area contributed by atoms with E-state index in [-0.39, 0.29) is 6.04 Å². The molecule has 2 aromatic rings. The van der Waals surface area contributed by atoms with Crippen molar-refractivity contribution in [1.29, 1.82) is 0 Å². The lowest BCUT2D eigenvalue weighted by atomic mass is 10.0. The number of H-pyrrole nitrogens is 1. The minimum Gasteiger partial charge on any atom is -0.346 e. The highest BCUT2D eigenvalue weighted by molar-refractivity contribution is 5.42. The summed E-state index contributed by atoms with van der Waals surface area (Å²) >= 11 is 0. The molecule has 75 valence electrons. The Hall–Kier alpha value is -2.05. The lowest BCUT2D eigenvalue weighted by Gasteiger charge is -2.39. The number of hydrogen-bond donors (Lipinski definition) is 1. The van der Waals surface area contributed by atoms with Gasteiger partial charge in [-0.1, -0.05) is 0 Å². The van der Waals surface area contributed by atoms with E-state index in [1.54, 1.807) is 6.20 Å². The molecule has 15 heavy (non-hydrogen) atoms. The first kappa shape index (κ1) is 8.27. The lowest BCUT2D eigenvalue weighted by Crippen LogP contribution is -2.42. The van der Waals surface area contributed by atoms with Gasteiger partial charge < -0.3 is 4.90 Å². The molecule has 1 atom stereocenters. The maximum absolute atomic E-state index is 4.07. The van der Waals surface area contributed by atoms with Crippen LogP contribution in [0.3, 0.4) is 0 Å². The molecule has 7 nitrogen and oxygen atoms in total. The zero-order valence-corrected chi connectivity index (χ0v) is 7.83. The number of nitrogens with one attached hydrogen (secondary N) is 1. The summed E-state index contributed by atoms with van der Waals surface area (Å²) in [5.74, 6) is 1.64. The molecule has 1 radical (unpaired) electrons. The quantitative estimate of drug-likeness (QED) is 0.722. The van der Waals surface area contributed by atoms with Gasteiger partial charge in [-0.25, -0.2) is 15.1 Å². The van der Waals surface area contributed by atoms with Gasteiger partial charge in [-0.05, 0) is 22.9 Å². The fourth-order valence-corrected chi connectivity index (χ4v) is 1.67. The summed E-state index contributed by atoms with van der Waals surface area (Å²) in [7, 11) is 0. The van der Waals surface area contributed by atoms with Gasteiger partial charge in [0, 0.05) is 12.7 Å². The minimum atomic E-state index is 0.197. The van der Waals surface area contributed by atoms with Gasteiger partial charge in [-0.2, -0.15) is 0 Å². The zero-order chi connectivity index (χ0) is 10.1. The van der Waals surface area contributed by atoms with Gasteiger partial charge >= 0.3 is 0 Å². The van der Waals surface area contributed by atoms with E-state index < -0.39 is 0 Å². The van der Waals surface area contributed by atoms with Crippen LogP contribution >= 0.6 is 0 Å². The van der Waals surface area contributed by atoms with Crippen molar-refractivity contribution < 1.29 is 0 Å². The van der Waals surface area contributed by atoms with E-state index in [9.17, 15) is 0 Å². The third kappa shape index (κ3) is 1.32. The van der Waals surface area contributed by atoms with E-state index in [0.29, 0.717) is 0 Å². The van der Waals surface area contributed by atoms with Crippen LogP contribution in [0, 0.1) is 6.33 Å². The van der Waals surface area contributed by atoms with Crippen LogP contribution in [0.4, 0.5) is 5.82 Å². The first-order valence-corrected chi connectivity index (χ1v) is 4.64. The number of tetrazole rings is 1. The SMILES string of the molecule is [c]1nccc(N2CCC2c2nnn[nH]2)n1. The molecule has 1 saturated heterocycles. The predicted molar refractivity (Wildman–Crippen MR) is 49.7 cm³/mol. The Labute approximate surface area is 85.6 Å². The highest BCUT2D eigenvalue weighted by Gasteiger charge is 2.32. The fourth-order valence-electron chi connectivity index (χ4n) is 1.67. The topological polar surface area (TPSA) is 83.5 Å². The van der Waals surface area contributed by atoms with Gasteiger partial charge in [0.15, 0.2) is 12.2 Å². The Morgan fingerprint density at radius 3 is 3.13 bits per heavy atom. The highest BCUT2D eigenvalue weighted by Crippen LogP contribution is 2.33. The Kier molecular flexibility index (Phi) is 1.80. The molecule has 7 heteroatoms. The molecule has 0 aliphatic carbocycles. The van der Waals surface area contributed by atoms with Crippen LogP contribution in [0.2, 0.25) is 0 Å². The first-order chi connectivity index (χ1) is 7.45. The molecular weight excluding hydrogens is 194 g/mol. The summed E-state index contributed by atoms with van der Waals surface area (Å²) in [4.78, 5) is 9.94. The molecule has 1 aliphatic rings. The van der Waals surface area contributed by atoms with E-state index in [4.69, 9.17) is 0 Å². The molecule has 0 spiro atoms. The first-order valence-electron chi connectivity index (χ1n) is 4.64. The van der Waals surface area contributed by atoms with Gasteiger partial charge in [0.2, 0.25) is 0 Å². The molecule has 0 saturated carbocycles. The number of nitrogens with zero attached hydrogens (tertiary/aromatic N) is 6. The fraction of sp³-hybridized carbons (Fsp3) is 0.375. The molecular formula is C8H8N7. The van der Waals surface area contributed by atoms with E-state index in [1.807, 2.05) is 6.07 Å². The van der Waals surface area contributed by atoms with Crippen LogP contribution in [0.1, 0.15) is 18.3 Å². The average Bonchev–Trinajstić information content (AvgIpc) is 2.71. The van der Waals surface area contributed by atoms with Crippen molar-refractivity contribution in [1.82, 2.24) is 30.6 Å². The summed E-state index contributed by atoms with van der Waals surface area (Å²) in [6.07, 6.45) is 5.28. The molecule has 3 rings (SSSR count). The van der Waals surface area contributed by atoms with E-state index in [1.165, 1.54) is 0 Å². The van der Waals surface area contributed by atoms with Crippen molar-refractivity contribution in [2.45, 2.75) is 12.5 Å². The predicted octanol–water partition coefficient (Wildman–Crippen LogP) is -0.259. The molecule has 1 N–H and O–H groups in total. The number of anilines is 1. The van der Waals surface area contributed by atoms with Crippen molar-refractivity contribution in [3.63, 3.8) is 0 Å². The Morgan fingerprint density at radius 2 is 2.53 bits per heavy atom. The third-order valence-corrected chi connectivity index (χ3v) is 2.51. The second-order valence-electron chi connectivity index (χ2n) is 3.30. The maximum atomic E-state index is 4.07. The van der Waals surface area contributed by atoms with Crippen molar-refractivity contribution in [2.75, 3.05) is 11.4 Å². The van der Waals surface area contributed by atoms with E-state index in [0.717, 1.165) is 24.6 Å². The third-order valence-electron chi connectivity index (χ3n) is 2.51. The van der Waals surface area contributed by atoms with Crippen LogP contribution in [0.5, 0.6) is 0 Å². The van der Waals surface area contributed by atoms with Crippen molar-refractivity contribution >= 4 is 5.82 Å². The van der Waals surface area contributed by atoms with E-state index in [2.05, 4.69) is 41.8 Å². The zero-order valence-electron chi connectivity index (χ0n) is 7.83. The summed E-state index contributed by atoms with van der Waals surface area (Å²) in [6, 6.07) is 2.05. The largest absolute Gasteiger partial charge is 0.346 e. The Balaban J connectivity index is 1.85. The average molecular weight is 202 g/mol. The van der Waals surface area contributed by atoms with E-state index >= 15 is 0 Å².